The zero-order chi connectivity index (χ0) is 20.2. The zero-order valence-electron chi connectivity index (χ0n) is 16.1. The van der Waals surface area contributed by atoms with Crippen LogP contribution in [0.15, 0.2) is 46.2 Å². The molecule has 5 rings (SSSR count). The summed E-state index contributed by atoms with van der Waals surface area (Å²) in [5, 5.41) is 8.31. The summed E-state index contributed by atoms with van der Waals surface area (Å²) in [4.78, 5) is 15.4. The van der Waals surface area contributed by atoms with Gasteiger partial charge in [-0.25, -0.2) is 8.42 Å². The topological polar surface area (TPSA) is 100 Å². The molecule has 0 atom stereocenters. The van der Waals surface area contributed by atoms with Crippen LogP contribution in [0.5, 0.6) is 0 Å². The van der Waals surface area contributed by atoms with E-state index >= 15 is 0 Å². The highest BCUT2D eigenvalue weighted by Gasteiger charge is 2.34. The van der Waals surface area contributed by atoms with Crippen LogP contribution >= 0.6 is 0 Å². The predicted octanol–water partition coefficient (Wildman–Crippen LogP) is 2.52. The van der Waals surface area contributed by atoms with Crippen molar-refractivity contribution in [2.75, 3.05) is 18.4 Å². The van der Waals surface area contributed by atoms with Gasteiger partial charge in [0.25, 0.3) is 5.56 Å². The Labute approximate surface area is 168 Å². The molecule has 0 spiro atoms. The lowest BCUT2D eigenvalue weighted by Gasteiger charge is -2.35. The Bertz CT molecular complexity index is 1220. The van der Waals surface area contributed by atoms with E-state index in [0.29, 0.717) is 41.8 Å². The van der Waals surface area contributed by atoms with E-state index in [1.165, 1.54) is 17.1 Å². The van der Waals surface area contributed by atoms with Crippen molar-refractivity contribution >= 4 is 32.4 Å². The average Bonchev–Trinajstić information content (AvgIpc) is 3.42. The fourth-order valence-electron chi connectivity index (χ4n) is 3.74. The molecule has 1 aliphatic carbocycles. The number of H-pyrrole nitrogens is 1. The van der Waals surface area contributed by atoms with Gasteiger partial charge in [-0.2, -0.15) is 9.40 Å². The Morgan fingerprint density at radius 2 is 1.90 bits per heavy atom. The number of sulfonamides is 1. The molecule has 1 aromatic carbocycles. The molecule has 9 heteroatoms. The summed E-state index contributed by atoms with van der Waals surface area (Å²) in [5.41, 5.74) is 1.29. The van der Waals surface area contributed by atoms with Gasteiger partial charge in [0.2, 0.25) is 10.0 Å². The fourth-order valence-corrected chi connectivity index (χ4v) is 5.42. The summed E-state index contributed by atoms with van der Waals surface area (Å²) in [6, 6.07) is 8.46. The Kier molecular flexibility index (Phi) is 4.25. The van der Waals surface area contributed by atoms with E-state index < -0.39 is 10.0 Å². The second-order valence-corrected chi connectivity index (χ2v) is 10.1. The molecule has 0 amide bonds. The van der Waals surface area contributed by atoms with Crippen molar-refractivity contribution in [1.29, 1.82) is 0 Å². The lowest BCUT2D eigenvalue weighted by Crippen LogP contribution is -2.48. The number of hydrogen-bond donors (Lipinski definition) is 2. The molecule has 8 nitrogen and oxygen atoms in total. The third kappa shape index (κ3) is 3.34. The summed E-state index contributed by atoms with van der Waals surface area (Å²) in [7, 11) is -3.44. The van der Waals surface area contributed by atoms with E-state index in [-0.39, 0.29) is 10.5 Å². The standard InChI is InChI=1S/C20H23N5O3S/c1-13-10-24(11-13)29(27,28)16-6-4-15(5-7-16)22-19-18-17(8-9-21-20(18)26)25(23-19)12-14-2-3-14/h4-9,13-14H,2-3,10-12H2,1H3,(H,21,26)(H,22,23). The molecule has 2 N–H and O–H groups in total. The van der Waals surface area contributed by atoms with E-state index in [4.69, 9.17) is 0 Å². The van der Waals surface area contributed by atoms with Crippen LogP contribution in [0.25, 0.3) is 10.9 Å². The number of nitrogens with one attached hydrogen (secondary N) is 2. The number of benzene rings is 1. The van der Waals surface area contributed by atoms with Crippen molar-refractivity contribution in [3.8, 4) is 0 Å². The van der Waals surface area contributed by atoms with E-state index in [1.54, 1.807) is 30.5 Å². The number of rotatable bonds is 6. The number of aromatic amines is 1. The first-order valence-corrected chi connectivity index (χ1v) is 11.3. The maximum atomic E-state index is 12.6. The third-order valence-electron chi connectivity index (χ3n) is 5.59. The normalized spacial score (nSPS) is 18.1. The summed E-state index contributed by atoms with van der Waals surface area (Å²) in [6.45, 7) is 3.96. The molecule has 2 aliphatic rings. The van der Waals surface area contributed by atoms with E-state index in [0.717, 1.165) is 12.1 Å². The number of nitrogens with zero attached hydrogens (tertiary/aromatic N) is 3. The molecular formula is C20H23N5O3S. The van der Waals surface area contributed by atoms with Gasteiger partial charge in [0, 0.05) is 31.5 Å². The van der Waals surface area contributed by atoms with Crippen LogP contribution in [-0.4, -0.2) is 40.6 Å². The van der Waals surface area contributed by atoms with Crippen molar-refractivity contribution in [3.63, 3.8) is 0 Å². The van der Waals surface area contributed by atoms with Crippen LogP contribution < -0.4 is 10.9 Å². The minimum Gasteiger partial charge on any atom is -0.338 e. The lowest BCUT2D eigenvalue weighted by atomic mass is 10.1. The molecule has 3 aromatic rings. The quantitative estimate of drug-likeness (QED) is 0.647. The average molecular weight is 414 g/mol. The van der Waals surface area contributed by atoms with Gasteiger partial charge in [0.05, 0.1) is 10.4 Å². The van der Waals surface area contributed by atoms with Crippen molar-refractivity contribution in [1.82, 2.24) is 19.1 Å². The van der Waals surface area contributed by atoms with Gasteiger partial charge in [-0.1, -0.05) is 6.92 Å². The maximum Gasteiger partial charge on any atom is 0.261 e. The van der Waals surface area contributed by atoms with Crippen LogP contribution in [0, 0.1) is 11.8 Å². The number of pyridine rings is 1. The zero-order valence-corrected chi connectivity index (χ0v) is 16.9. The van der Waals surface area contributed by atoms with Crippen LogP contribution in [0.2, 0.25) is 0 Å². The monoisotopic (exact) mass is 413 g/mol. The highest BCUT2D eigenvalue weighted by molar-refractivity contribution is 7.89. The van der Waals surface area contributed by atoms with Crippen molar-refractivity contribution < 1.29 is 8.42 Å². The molecular weight excluding hydrogens is 390 g/mol. The van der Waals surface area contributed by atoms with Gasteiger partial charge in [-0.3, -0.25) is 9.48 Å². The largest absolute Gasteiger partial charge is 0.338 e. The highest BCUT2D eigenvalue weighted by Crippen LogP contribution is 2.33. The first kappa shape index (κ1) is 18.4. The van der Waals surface area contributed by atoms with Crippen LogP contribution in [0.4, 0.5) is 11.5 Å². The number of aromatic nitrogens is 3. The van der Waals surface area contributed by atoms with Crippen molar-refractivity contribution in [2.45, 2.75) is 31.2 Å². The van der Waals surface area contributed by atoms with E-state index in [9.17, 15) is 13.2 Å². The van der Waals surface area contributed by atoms with Gasteiger partial charge < -0.3 is 10.3 Å². The molecule has 0 bridgehead atoms. The Morgan fingerprint density at radius 3 is 2.55 bits per heavy atom. The molecule has 1 saturated carbocycles. The van der Waals surface area contributed by atoms with Gasteiger partial charge >= 0.3 is 0 Å². The minimum absolute atomic E-state index is 0.196. The first-order chi connectivity index (χ1) is 13.9. The van der Waals surface area contributed by atoms with Gasteiger partial charge in [0.1, 0.15) is 5.39 Å². The van der Waals surface area contributed by atoms with Crippen LogP contribution in [0.3, 0.4) is 0 Å². The minimum atomic E-state index is -3.44. The van der Waals surface area contributed by atoms with Crippen LogP contribution in [0.1, 0.15) is 19.8 Å². The summed E-state index contributed by atoms with van der Waals surface area (Å²) < 4.78 is 28.6. The smallest absolute Gasteiger partial charge is 0.261 e. The van der Waals surface area contributed by atoms with Crippen molar-refractivity contribution in [3.05, 3.63) is 46.9 Å². The van der Waals surface area contributed by atoms with Gasteiger partial charge in [-0.05, 0) is 55.0 Å². The lowest BCUT2D eigenvalue weighted by molar-refractivity contribution is 0.218. The molecule has 1 saturated heterocycles. The molecule has 0 radical (unpaired) electrons. The second kappa shape index (κ2) is 6.70. The number of anilines is 2. The third-order valence-corrected chi connectivity index (χ3v) is 7.43. The molecule has 152 valence electrons. The SMILES string of the molecule is CC1CN(S(=O)(=O)c2ccc(Nc3nn(CC4CC4)c4cc[nH]c(=O)c34)cc2)C1. The summed E-state index contributed by atoms with van der Waals surface area (Å²) in [6.07, 6.45) is 4.02. The second-order valence-electron chi connectivity index (χ2n) is 8.12. The Hall–Kier alpha value is -2.65. The van der Waals surface area contributed by atoms with E-state index in [2.05, 4.69) is 15.4 Å². The molecule has 0 unspecified atom stereocenters. The van der Waals surface area contributed by atoms with Crippen LogP contribution in [-0.2, 0) is 16.6 Å². The molecule has 3 heterocycles. The Morgan fingerprint density at radius 1 is 1.17 bits per heavy atom. The molecule has 1 aliphatic heterocycles. The molecule has 2 fully saturated rings. The number of hydrogen-bond acceptors (Lipinski definition) is 5. The summed E-state index contributed by atoms with van der Waals surface area (Å²) >= 11 is 0. The van der Waals surface area contributed by atoms with Gasteiger partial charge in [-0.15, -0.1) is 0 Å². The fraction of sp³-hybridized carbons (Fsp3) is 0.400. The number of fused-ring (bicyclic) bond motifs is 1. The Balaban J connectivity index is 1.43. The van der Waals surface area contributed by atoms with Crippen molar-refractivity contribution in [2.24, 2.45) is 11.8 Å². The molecule has 2 aromatic heterocycles. The maximum absolute atomic E-state index is 12.6. The highest BCUT2D eigenvalue weighted by atomic mass is 32.2. The molecule has 29 heavy (non-hydrogen) atoms. The summed E-state index contributed by atoms with van der Waals surface area (Å²) in [5.74, 6) is 1.51. The first-order valence-electron chi connectivity index (χ1n) is 9.87. The predicted molar refractivity (Wildman–Crippen MR) is 111 cm³/mol. The van der Waals surface area contributed by atoms with Gasteiger partial charge in [0.15, 0.2) is 5.82 Å². The van der Waals surface area contributed by atoms with E-state index in [1.807, 2.05) is 17.7 Å².